The molecule has 0 amide bonds. The molecule has 1 aliphatic rings. The van der Waals surface area contributed by atoms with Gasteiger partial charge in [0, 0.05) is 13.1 Å². The second kappa shape index (κ2) is 6.11. The zero-order chi connectivity index (χ0) is 12.8. The molecule has 18 heavy (non-hydrogen) atoms. The van der Waals surface area contributed by atoms with Gasteiger partial charge in [-0.15, -0.1) is 10.2 Å². The van der Waals surface area contributed by atoms with Crippen LogP contribution in [-0.4, -0.2) is 42.9 Å². The average Bonchev–Trinajstić information content (AvgIpc) is 2.46. The van der Waals surface area contributed by atoms with Crippen LogP contribution in [0.25, 0.3) is 0 Å². The summed E-state index contributed by atoms with van der Waals surface area (Å²) in [5, 5.41) is 14.2. The van der Waals surface area contributed by atoms with Crippen LogP contribution < -0.4 is 10.6 Å². The maximum absolute atomic E-state index is 11.2. The van der Waals surface area contributed by atoms with Crippen LogP contribution in [0, 0.1) is 0 Å². The molecule has 0 spiro atoms. The van der Waals surface area contributed by atoms with E-state index in [1.54, 1.807) is 12.1 Å². The normalized spacial score (nSPS) is 14.8. The highest BCUT2D eigenvalue weighted by atomic mass is 16.5. The van der Waals surface area contributed by atoms with Crippen LogP contribution in [0.1, 0.15) is 16.9 Å². The first-order valence-corrected chi connectivity index (χ1v) is 5.84. The van der Waals surface area contributed by atoms with E-state index in [9.17, 15) is 4.79 Å². The summed E-state index contributed by atoms with van der Waals surface area (Å²) < 4.78 is 4.55. The highest BCUT2D eigenvalue weighted by Crippen LogP contribution is 2.07. The topological polar surface area (TPSA) is 76.1 Å². The molecule has 1 aromatic heterocycles. The van der Waals surface area contributed by atoms with Crippen LogP contribution in [0.5, 0.6) is 0 Å². The lowest BCUT2D eigenvalue weighted by molar-refractivity contribution is 0.0593. The van der Waals surface area contributed by atoms with Crippen molar-refractivity contribution in [1.29, 1.82) is 0 Å². The Balaban J connectivity index is 1.90. The number of carbonyl (C=O) groups excluding carboxylic acids is 1. The number of rotatable bonds is 4. The fourth-order valence-corrected chi connectivity index (χ4v) is 1.67. The van der Waals surface area contributed by atoms with E-state index < -0.39 is 5.97 Å². The van der Waals surface area contributed by atoms with Gasteiger partial charge in [-0.1, -0.05) is 11.6 Å². The van der Waals surface area contributed by atoms with Crippen molar-refractivity contribution < 1.29 is 9.53 Å². The van der Waals surface area contributed by atoms with Gasteiger partial charge in [0.25, 0.3) is 0 Å². The van der Waals surface area contributed by atoms with Crippen LogP contribution in [0.15, 0.2) is 23.8 Å². The molecule has 0 aliphatic carbocycles. The lowest BCUT2D eigenvalue weighted by atomic mass is 10.1. The summed E-state index contributed by atoms with van der Waals surface area (Å²) in [6, 6.07) is 3.32. The average molecular weight is 248 g/mol. The quantitative estimate of drug-likeness (QED) is 0.600. The van der Waals surface area contributed by atoms with Crippen molar-refractivity contribution in [2.75, 3.05) is 32.1 Å². The van der Waals surface area contributed by atoms with Crippen molar-refractivity contribution >= 4 is 11.8 Å². The molecular weight excluding hydrogens is 232 g/mol. The monoisotopic (exact) mass is 248 g/mol. The first kappa shape index (κ1) is 12.5. The number of nitrogens with zero attached hydrogens (tertiary/aromatic N) is 2. The van der Waals surface area contributed by atoms with Gasteiger partial charge in [0.05, 0.1) is 7.11 Å². The molecule has 0 bridgehead atoms. The fourth-order valence-electron chi connectivity index (χ4n) is 1.67. The largest absolute Gasteiger partial charge is 0.464 e. The van der Waals surface area contributed by atoms with E-state index in [-0.39, 0.29) is 5.69 Å². The number of hydrogen-bond acceptors (Lipinski definition) is 6. The van der Waals surface area contributed by atoms with Crippen LogP contribution in [0.2, 0.25) is 0 Å². The second-order valence-electron chi connectivity index (χ2n) is 3.97. The maximum atomic E-state index is 11.2. The predicted molar refractivity (Wildman–Crippen MR) is 67.4 cm³/mol. The van der Waals surface area contributed by atoms with Gasteiger partial charge in [-0.25, -0.2) is 4.79 Å². The molecule has 1 aliphatic heterocycles. The van der Waals surface area contributed by atoms with Crippen molar-refractivity contribution in [2.45, 2.75) is 6.42 Å². The molecule has 0 saturated heterocycles. The molecule has 0 fully saturated rings. The first-order chi connectivity index (χ1) is 8.79. The Kier molecular flexibility index (Phi) is 4.25. The van der Waals surface area contributed by atoms with Crippen LogP contribution in [-0.2, 0) is 4.74 Å². The Bertz CT molecular complexity index is 442. The zero-order valence-electron chi connectivity index (χ0n) is 10.3. The van der Waals surface area contributed by atoms with E-state index in [0.717, 1.165) is 26.1 Å². The number of ether oxygens (including phenoxy) is 1. The summed E-state index contributed by atoms with van der Waals surface area (Å²) in [6.07, 6.45) is 3.22. The van der Waals surface area contributed by atoms with Gasteiger partial charge in [0.15, 0.2) is 5.69 Å². The maximum Gasteiger partial charge on any atom is 0.358 e. The summed E-state index contributed by atoms with van der Waals surface area (Å²) >= 11 is 0. The number of aromatic nitrogens is 2. The Morgan fingerprint density at radius 2 is 2.39 bits per heavy atom. The van der Waals surface area contributed by atoms with Crippen molar-refractivity contribution in [1.82, 2.24) is 15.5 Å². The smallest absolute Gasteiger partial charge is 0.358 e. The van der Waals surface area contributed by atoms with Gasteiger partial charge >= 0.3 is 5.97 Å². The van der Waals surface area contributed by atoms with Gasteiger partial charge in [-0.2, -0.15) is 0 Å². The Hall–Kier alpha value is -1.95. The molecule has 2 rings (SSSR count). The minimum absolute atomic E-state index is 0.212. The number of carbonyl (C=O) groups is 1. The Morgan fingerprint density at radius 3 is 3.00 bits per heavy atom. The van der Waals surface area contributed by atoms with Crippen molar-refractivity contribution in [2.24, 2.45) is 0 Å². The molecule has 0 unspecified atom stereocenters. The van der Waals surface area contributed by atoms with Crippen LogP contribution >= 0.6 is 0 Å². The molecule has 6 nitrogen and oxygen atoms in total. The van der Waals surface area contributed by atoms with Crippen LogP contribution in [0.3, 0.4) is 0 Å². The lowest BCUT2D eigenvalue weighted by Crippen LogP contribution is -2.23. The van der Waals surface area contributed by atoms with Gasteiger partial charge in [0.1, 0.15) is 5.82 Å². The highest BCUT2D eigenvalue weighted by molar-refractivity contribution is 5.86. The minimum atomic E-state index is -0.477. The van der Waals surface area contributed by atoms with Gasteiger partial charge in [-0.3, -0.25) is 0 Å². The summed E-state index contributed by atoms with van der Waals surface area (Å²) in [6.45, 7) is 2.69. The highest BCUT2D eigenvalue weighted by Gasteiger charge is 2.08. The number of nitrogens with one attached hydrogen (secondary N) is 2. The third-order valence-electron chi connectivity index (χ3n) is 2.71. The third-order valence-corrected chi connectivity index (χ3v) is 2.71. The molecule has 96 valence electrons. The molecule has 0 atom stereocenters. The number of esters is 1. The van der Waals surface area contributed by atoms with E-state index in [2.05, 4.69) is 31.6 Å². The zero-order valence-corrected chi connectivity index (χ0v) is 10.3. The van der Waals surface area contributed by atoms with Crippen LogP contribution in [0.4, 0.5) is 5.82 Å². The van der Waals surface area contributed by atoms with E-state index in [1.807, 2.05) is 0 Å². The number of methoxy groups -OCH3 is 1. The molecule has 6 heteroatoms. The summed E-state index contributed by atoms with van der Waals surface area (Å²) in [7, 11) is 1.32. The molecule has 1 aromatic rings. The summed E-state index contributed by atoms with van der Waals surface area (Å²) in [5.41, 5.74) is 1.57. The molecule has 0 saturated carbocycles. The minimum Gasteiger partial charge on any atom is -0.464 e. The molecule has 2 heterocycles. The predicted octanol–water partition coefficient (Wildman–Crippen LogP) is 0.595. The van der Waals surface area contributed by atoms with Gasteiger partial charge < -0.3 is 15.4 Å². The van der Waals surface area contributed by atoms with Crippen molar-refractivity contribution in [3.05, 3.63) is 29.5 Å². The first-order valence-electron chi connectivity index (χ1n) is 5.84. The Labute approximate surface area is 105 Å². The third kappa shape index (κ3) is 3.27. The van der Waals surface area contributed by atoms with E-state index in [1.165, 1.54) is 12.7 Å². The lowest BCUT2D eigenvalue weighted by Gasteiger charge is -2.14. The fraction of sp³-hybridized carbons (Fsp3) is 0.417. The van der Waals surface area contributed by atoms with E-state index in [0.29, 0.717) is 5.82 Å². The Morgan fingerprint density at radius 1 is 1.50 bits per heavy atom. The van der Waals surface area contributed by atoms with Gasteiger partial charge in [-0.05, 0) is 25.1 Å². The summed E-state index contributed by atoms with van der Waals surface area (Å²) in [4.78, 5) is 11.2. The SMILES string of the molecule is COC(=O)c1ccc(NCC2=CCNCC2)nn1. The summed E-state index contributed by atoms with van der Waals surface area (Å²) in [5.74, 6) is 0.178. The molecular formula is C12H16N4O2. The standard InChI is InChI=1S/C12H16N4O2/c1-18-12(17)10-2-3-11(16-15-10)14-8-9-4-6-13-7-5-9/h2-4,13H,5-8H2,1H3,(H,14,16). The second-order valence-corrected chi connectivity index (χ2v) is 3.97. The van der Waals surface area contributed by atoms with Crippen molar-refractivity contribution in [3.63, 3.8) is 0 Å². The van der Waals surface area contributed by atoms with Crippen molar-refractivity contribution in [3.8, 4) is 0 Å². The number of anilines is 1. The molecule has 0 aromatic carbocycles. The molecule has 0 radical (unpaired) electrons. The van der Waals surface area contributed by atoms with E-state index in [4.69, 9.17) is 0 Å². The van der Waals surface area contributed by atoms with E-state index >= 15 is 0 Å². The molecule has 2 N–H and O–H groups in total. The van der Waals surface area contributed by atoms with Gasteiger partial charge in [0.2, 0.25) is 0 Å². The number of hydrogen-bond donors (Lipinski definition) is 2.